The average molecular weight is 655 g/mol. The Labute approximate surface area is 279 Å². The summed E-state index contributed by atoms with van der Waals surface area (Å²) in [7, 11) is 3.16. The number of amides is 3. The van der Waals surface area contributed by atoms with Crippen LogP contribution in [-0.2, 0) is 16.1 Å². The molecule has 4 aromatic rings. The molecule has 0 atom stereocenters. The number of carbonyl (C=O) groups excluding carboxylic acids is 4. The number of H-pyrrole nitrogens is 1. The Morgan fingerprint density at radius 3 is 2.56 bits per heavy atom. The third-order valence-electron chi connectivity index (χ3n) is 8.44. The van der Waals surface area contributed by atoms with E-state index < -0.39 is 0 Å². The minimum atomic E-state index is -0.377. The van der Waals surface area contributed by atoms with Gasteiger partial charge in [-0.1, -0.05) is 12.1 Å². The van der Waals surface area contributed by atoms with Crippen molar-refractivity contribution in [1.29, 1.82) is 0 Å². The number of hydrogen-bond acceptors (Lipinski definition) is 8. The van der Waals surface area contributed by atoms with Gasteiger partial charge in [-0.15, -0.1) is 0 Å². The molecular formula is C36H42N6O6. The minimum absolute atomic E-state index is 0.102. The van der Waals surface area contributed by atoms with Crippen molar-refractivity contribution in [3.05, 3.63) is 77.1 Å². The van der Waals surface area contributed by atoms with Crippen LogP contribution in [0.2, 0.25) is 0 Å². The molecule has 1 fully saturated rings. The van der Waals surface area contributed by atoms with Gasteiger partial charge in [-0.25, -0.2) is 4.98 Å². The SMILES string of the molecule is COc1cc(C(=O)N(C)c2ccc(C)cc2OCCCCCC(=O)N2CCC(=O)CC2)ccc1NC(=O)c1cccc2[nH]c(CN)nc12. The Balaban J connectivity index is 1.19. The van der Waals surface area contributed by atoms with Gasteiger partial charge in [0.2, 0.25) is 5.91 Å². The number of unbranched alkanes of at least 4 members (excludes halogenated alkanes) is 2. The van der Waals surface area contributed by atoms with Crippen LogP contribution < -0.4 is 25.4 Å². The van der Waals surface area contributed by atoms with Gasteiger partial charge < -0.3 is 35.3 Å². The van der Waals surface area contributed by atoms with Crippen molar-refractivity contribution in [3.63, 3.8) is 0 Å². The number of methoxy groups -OCH3 is 1. The lowest BCUT2D eigenvalue weighted by Crippen LogP contribution is -2.38. The van der Waals surface area contributed by atoms with E-state index in [4.69, 9.17) is 15.2 Å². The summed E-state index contributed by atoms with van der Waals surface area (Å²) in [4.78, 5) is 61.6. The number of likely N-dealkylation sites (tertiary alicyclic amines) is 1. The molecule has 0 bridgehead atoms. The molecule has 0 aliphatic carbocycles. The summed E-state index contributed by atoms with van der Waals surface area (Å²) >= 11 is 0. The number of aromatic amines is 1. The Morgan fingerprint density at radius 1 is 1.02 bits per heavy atom. The monoisotopic (exact) mass is 654 g/mol. The number of ketones is 1. The topological polar surface area (TPSA) is 160 Å². The molecule has 0 saturated carbocycles. The maximum Gasteiger partial charge on any atom is 0.258 e. The van der Waals surface area contributed by atoms with Crippen LogP contribution in [0.5, 0.6) is 11.5 Å². The number of para-hydroxylation sites is 1. The first-order valence-electron chi connectivity index (χ1n) is 16.2. The van der Waals surface area contributed by atoms with Crippen LogP contribution in [0.25, 0.3) is 11.0 Å². The van der Waals surface area contributed by atoms with Crippen molar-refractivity contribution in [2.75, 3.05) is 44.1 Å². The standard InChI is InChI=1S/C36H42N6O6/c1-23-11-14-29(31(20-23)48-19-6-4-5-10-33(44)42-17-15-25(43)16-18-42)41(2)36(46)24-12-13-27(30(21-24)47-3)39-35(45)26-8-7-9-28-34(26)40-32(22-37)38-28/h7-9,11-14,20-21H,4-6,10,15-19,22,37H2,1-3H3,(H,38,40)(H,39,45). The number of piperidine rings is 1. The normalized spacial score (nSPS) is 13.0. The number of Topliss-reactive ketones (excluding diaryl/α,β-unsaturated/α-hetero) is 1. The summed E-state index contributed by atoms with van der Waals surface area (Å²) in [5.74, 6) is 1.15. The van der Waals surface area contributed by atoms with E-state index in [-0.39, 0.29) is 30.0 Å². The Bertz CT molecular complexity index is 1810. The predicted octanol–water partition coefficient (Wildman–Crippen LogP) is 5.00. The number of benzene rings is 3. The Morgan fingerprint density at radius 2 is 1.81 bits per heavy atom. The second kappa shape index (κ2) is 15.6. The molecule has 0 spiro atoms. The fourth-order valence-electron chi connectivity index (χ4n) is 5.70. The van der Waals surface area contributed by atoms with Gasteiger partial charge in [0.05, 0.1) is 42.7 Å². The maximum absolute atomic E-state index is 13.7. The molecule has 0 unspecified atom stereocenters. The summed E-state index contributed by atoms with van der Waals surface area (Å²) in [5, 5.41) is 2.87. The first kappa shape index (κ1) is 34.1. The van der Waals surface area contributed by atoms with Gasteiger partial charge >= 0.3 is 0 Å². The van der Waals surface area contributed by atoms with Crippen LogP contribution >= 0.6 is 0 Å². The van der Waals surface area contributed by atoms with Crippen LogP contribution in [0.4, 0.5) is 11.4 Å². The summed E-state index contributed by atoms with van der Waals surface area (Å²) in [6.45, 7) is 3.67. The number of carbonyl (C=O) groups is 4. The zero-order valence-corrected chi connectivity index (χ0v) is 27.6. The van der Waals surface area contributed by atoms with Crippen molar-refractivity contribution in [2.45, 2.75) is 52.0 Å². The van der Waals surface area contributed by atoms with E-state index in [1.165, 1.54) is 12.0 Å². The van der Waals surface area contributed by atoms with E-state index in [1.807, 2.05) is 31.2 Å². The molecule has 3 aromatic carbocycles. The number of aryl methyl sites for hydroxylation is 1. The summed E-state index contributed by atoms with van der Waals surface area (Å²) in [5.41, 5.74) is 9.69. The van der Waals surface area contributed by atoms with Crippen molar-refractivity contribution < 1.29 is 28.7 Å². The molecule has 2 heterocycles. The molecule has 3 amide bonds. The number of anilines is 2. The van der Waals surface area contributed by atoms with Gasteiger partial charge in [-0.3, -0.25) is 19.2 Å². The number of rotatable bonds is 13. The molecule has 1 aliphatic heterocycles. The Kier molecular flexibility index (Phi) is 11.1. The largest absolute Gasteiger partial charge is 0.495 e. The molecule has 48 heavy (non-hydrogen) atoms. The van der Waals surface area contributed by atoms with E-state index in [0.717, 1.165) is 24.8 Å². The average Bonchev–Trinajstić information content (AvgIpc) is 3.53. The second-order valence-electron chi connectivity index (χ2n) is 11.9. The fourth-order valence-corrected chi connectivity index (χ4v) is 5.70. The minimum Gasteiger partial charge on any atom is -0.495 e. The highest BCUT2D eigenvalue weighted by atomic mass is 16.5. The van der Waals surface area contributed by atoms with E-state index in [1.54, 1.807) is 42.3 Å². The maximum atomic E-state index is 13.7. The first-order chi connectivity index (χ1) is 23.2. The van der Waals surface area contributed by atoms with Gasteiger partial charge in [-0.2, -0.15) is 0 Å². The van der Waals surface area contributed by atoms with Gasteiger partial charge in [0.15, 0.2) is 0 Å². The molecule has 0 radical (unpaired) electrons. The van der Waals surface area contributed by atoms with E-state index in [9.17, 15) is 19.2 Å². The van der Waals surface area contributed by atoms with E-state index >= 15 is 0 Å². The lowest BCUT2D eigenvalue weighted by atomic mass is 10.1. The number of nitrogens with two attached hydrogens (primary N) is 1. The van der Waals surface area contributed by atoms with Crippen LogP contribution in [0.3, 0.4) is 0 Å². The molecule has 1 aromatic heterocycles. The molecule has 1 saturated heterocycles. The number of nitrogens with zero attached hydrogens (tertiary/aromatic N) is 3. The molecule has 12 nitrogen and oxygen atoms in total. The number of fused-ring (bicyclic) bond motifs is 1. The van der Waals surface area contributed by atoms with Crippen molar-refractivity contribution in [2.24, 2.45) is 5.73 Å². The van der Waals surface area contributed by atoms with Gasteiger partial charge in [0.25, 0.3) is 11.8 Å². The summed E-state index contributed by atoms with van der Waals surface area (Å²) < 4.78 is 11.7. The van der Waals surface area contributed by atoms with Crippen molar-refractivity contribution >= 4 is 45.9 Å². The molecule has 1 aliphatic rings. The number of ether oxygens (including phenoxy) is 2. The molecule has 12 heteroatoms. The fraction of sp³-hybridized carbons (Fsp3) is 0.361. The zero-order valence-electron chi connectivity index (χ0n) is 27.6. The van der Waals surface area contributed by atoms with Gasteiger partial charge in [0.1, 0.15) is 28.6 Å². The third-order valence-corrected chi connectivity index (χ3v) is 8.44. The van der Waals surface area contributed by atoms with Crippen molar-refractivity contribution in [1.82, 2.24) is 14.9 Å². The summed E-state index contributed by atoms with van der Waals surface area (Å²) in [6.07, 6.45) is 3.69. The lowest BCUT2D eigenvalue weighted by Gasteiger charge is -2.26. The molecule has 5 rings (SSSR count). The Hall–Kier alpha value is -5.23. The number of aromatic nitrogens is 2. The quantitative estimate of drug-likeness (QED) is 0.170. The van der Waals surface area contributed by atoms with Crippen LogP contribution in [-0.4, -0.2) is 72.2 Å². The third kappa shape index (κ3) is 8.00. The number of imidazole rings is 1. The van der Waals surface area contributed by atoms with Crippen molar-refractivity contribution in [3.8, 4) is 11.5 Å². The van der Waals surface area contributed by atoms with Crippen LogP contribution in [0.1, 0.15) is 70.6 Å². The highest BCUT2D eigenvalue weighted by molar-refractivity contribution is 6.12. The second-order valence-corrected chi connectivity index (χ2v) is 11.9. The zero-order chi connectivity index (χ0) is 34.2. The highest BCUT2D eigenvalue weighted by Crippen LogP contribution is 2.32. The van der Waals surface area contributed by atoms with Crippen LogP contribution in [0, 0.1) is 6.92 Å². The smallest absolute Gasteiger partial charge is 0.258 e. The van der Waals surface area contributed by atoms with Gasteiger partial charge in [0, 0.05) is 45.0 Å². The first-order valence-corrected chi connectivity index (χ1v) is 16.2. The predicted molar refractivity (Wildman–Crippen MR) is 184 cm³/mol. The molecule has 252 valence electrons. The number of nitrogens with one attached hydrogen (secondary N) is 2. The summed E-state index contributed by atoms with van der Waals surface area (Å²) in [6, 6.07) is 15.8. The highest BCUT2D eigenvalue weighted by Gasteiger charge is 2.22. The van der Waals surface area contributed by atoms with Crippen LogP contribution in [0.15, 0.2) is 54.6 Å². The number of hydrogen-bond donors (Lipinski definition) is 3. The molecule has 4 N–H and O–H groups in total. The van der Waals surface area contributed by atoms with E-state index in [2.05, 4.69) is 15.3 Å². The van der Waals surface area contributed by atoms with E-state index in [0.29, 0.717) is 89.8 Å². The molecular weight excluding hydrogens is 612 g/mol. The lowest BCUT2D eigenvalue weighted by molar-refractivity contribution is -0.134. The van der Waals surface area contributed by atoms with Gasteiger partial charge in [-0.05, 0) is 74.2 Å².